The normalized spacial score (nSPS) is 14.6. The molecule has 0 atom stereocenters. The highest BCUT2D eigenvalue weighted by Crippen LogP contribution is 2.32. The maximum absolute atomic E-state index is 12.3. The van der Waals surface area contributed by atoms with Crippen LogP contribution in [-0.2, 0) is 4.74 Å². The van der Waals surface area contributed by atoms with Crippen LogP contribution in [0.3, 0.4) is 0 Å². The van der Waals surface area contributed by atoms with E-state index in [-0.39, 0.29) is 12.4 Å². The van der Waals surface area contributed by atoms with Gasteiger partial charge in [0, 0.05) is 25.3 Å². The van der Waals surface area contributed by atoms with Crippen molar-refractivity contribution in [3.05, 3.63) is 65.2 Å². The Morgan fingerprint density at radius 3 is 2.07 bits per heavy atom. The van der Waals surface area contributed by atoms with E-state index in [1.165, 1.54) is 37.7 Å². The minimum absolute atomic E-state index is 0.177. The molecule has 0 bridgehead atoms. The first-order chi connectivity index (χ1) is 13.0. The fourth-order valence-electron chi connectivity index (χ4n) is 3.57. The maximum atomic E-state index is 12.3. The van der Waals surface area contributed by atoms with Crippen molar-refractivity contribution in [1.82, 2.24) is 0 Å². The standard InChI is InChI=1S/C23H27NO3/c1-24(2)21-14-12-20(13-15-21)23(26)27-16-22(25)19-10-8-18(9-11-19)17-6-4-3-5-7-17/h8-15,17H,3-7,16H2,1-2H3. The van der Waals surface area contributed by atoms with Crippen LogP contribution >= 0.6 is 0 Å². The van der Waals surface area contributed by atoms with Gasteiger partial charge in [0.25, 0.3) is 0 Å². The van der Waals surface area contributed by atoms with Gasteiger partial charge in [0.15, 0.2) is 12.4 Å². The van der Waals surface area contributed by atoms with Crippen LogP contribution in [0.5, 0.6) is 0 Å². The van der Waals surface area contributed by atoms with Gasteiger partial charge in [-0.2, -0.15) is 0 Å². The molecule has 0 amide bonds. The molecule has 2 aromatic carbocycles. The van der Waals surface area contributed by atoms with E-state index in [1.807, 2.05) is 55.4 Å². The smallest absolute Gasteiger partial charge is 0.338 e. The summed E-state index contributed by atoms with van der Waals surface area (Å²) in [4.78, 5) is 26.4. The molecule has 27 heavy (non-hydrogen) atoms. The molecular formula is C23H27NO3. The van der Waals surface area contributed by atoms with E-state index in [1.54, 1.807) is 12.1 Å². The Balaban J connectivity index is 1.54. The van der Waals surface area contributed by atoms with Crippen LogP contribution in [-0.4, -0.2) is 32.5 Å². The average Bonchev–Trinajstić information content (AvgIpc) is 2.72. The number of ketones is 1. The molecule has 4 nitrogen and oxygen atoms in total. The van der Waals surface area contributed by atoms with Crippen LogP contribution in [0, 0.1) is 0 Å². The zero-order valence-electron chi connectivity index (χ0n) is 16.1. The van der Waals surface area contributed by atoms with Crippen molar-refractivity contribution in [2.45, 2.75) is 38.0 Å². The highest BCUT2D eigenvalue weighted by molar-refractivity contribution is 5.99. The number of nitrogens with zero attached hydrogens (tertiary/aromatic N) is 1. The van der Waals surface area contributed by atoms with Crippen molar-refractivity contribution in [2.24, 2.45) is 0 Å². The number of esters is 1. The van der Waals surface area contributed by atoms with Crippen LogP contribution in [0.1, 0.15) is 64.3 Å². The molecule has 1 saturated carbocycles. The van der Waals surface area contributed by atoms with Gasteiger partial charge < -0.3 is 9.64 Å². The molecule has 0 aliphatic heterocycles. The number of Topliss-reactive ketones (excluding diaryl/α,β-unsaturated/α-hetero) is 1. The lowest BCUT2D eigenvalue weighted by atomic mass is 9.84. The molecule has 1 aliphatic rings. The van der Waals surface area contributed by atoms with Crippen LogP contribution in [0.4, 0.5) is 5.69 Å². The predicted octanol–water partition coefficient (Wildman–Crippen LogP) is 4.84. The second-order valence-corrected chi connectivity index (χ2v) is 7.40. The summed E-state index contributed by atoms with van der Waals surface area (Å²) in [6.45, 7) is -0.239. The molecule has 0 radical (unpaired) electrons. The SMILES string of the molecule is CN(C)c1ccc(C(=O)OCC(=O)c2ccc(C3CCCCC3)cc2)cc1. The van der Waals surface area contributed by atoms with E-state index in [0.29, 0.717) is 17.0 Å². The molecule has 142 valence electrons. The predicted molar refractivity (Wildman–Crippen MR) is 108 cm³/mol. The third-order valence-corrected chi connectivity index (χ3v) is 5.26. The van der Waals surface area contributed by atoms with Crippen LogP contribution < -0.4 is 4.90 Å². The molecule has 0 aromatic heterocycles. The molecule has 0 heterocycles. The van der Waals surface area contributed by atoms with Crippen molar-refractivity contribution < 1.29 is 14.3 Å². The van der Waals surface area contributed by atoms with Gasteiger partial charge in [0.05, 0.1) is 5.56 Å². The van der Waals surface area contributed by atoms with E-state index >= 15 is 0 Å². The maximum Gasteiger partial charge on any atom is 0.338 e. The lowest BCUT2D eigenvalue weighted by Gasteiger charge is -2.22. The van der Waals surface area contributed by atoms with E-state index in [0.717, 1.165) is 5.69 Å². The minimum atomic E-state index is -0.479. The molecular weight excluding hydrogens is 338 g/mol. The first-order valence-electron chi connectivity index (χ1n) is 9.62. The quantitative estimate of drug-likeness (QED) is 0.543. The van der Waals surface area contributed by atoms with Crippen LogP contribution in [0.15, 0.2) is 48.5 Å². The first-order valence-corrected chi connectivity index (χ1v) is 9.62. The Bertz CT molecular complexity index is 772. The fraction of sp³-hybridized carbons (Fsp3) is 0.391. The Kier molecular flexibility index (Phi) is 6.28. The number of benzene rings is 2. The largest absolute Gasteiger partial charge is 0.454 e. The van der Waals surface area contributed by atoms with Crippen molar-refractivity contribution in [1.29, 1.82) is 0 Å². The highest BCUT2D eigenvalue weighted by Gasteiger charge is 2.16. The van der Waals surface area contributed by atoms with Gasteiger partial charge >= 0.3 is 5.97 Å². The third kappa shape index (κ3) is 4.97. The van der Waals surface area contributed by atoms with E-state index < -0.39 is 5.97 Å². The average molecular weight is 365 g/mol. The van der Waals surface area contributed by atoms with Gasteiger partial charge in [-0.1, -0.05) is 43.5 Å². The van der Waals surface area contributed by atoms with Crippen LogP contribution in [0.2, 0.25) is 0 Å². The topological polar surface area (TPSA) is 46.6 Å². The van der Waals surface area contributed by atoms with Crippen LogP contribution in [0.25, 0.3) is 0 Å². The Morgan fingerprint density at radius 2 is 1.48 bits per heavy atom. The summed E-state index contributed by atoms with van der Waals surface area (Å²) in [6, 6.07) is 14.9. The summed E-state index contributed by atoms with van der Waals surface area (Å²) in [5.74, 6) is -0.0400. The molecule has 1 aliphatic carbocycles. The number of rotatable bonds is 6. The molecule has 2 aromatic rings. The summed E-state index contributed by atoms with van der Waals surface area (Å²) < 4.78 is 5.19. The first kappa shape index (κ1) is 19.2. The molecule has 0 spiro atoms. The zero-order chi connectivity index (χ0) is 19.2. The summed E-state index contributed by atoms with van der Waals surface area (Å²) >= 11 is 0. The highest BCUT2D eigenvalue weighted by atomic mass is 16.5. The summed E-state index contributed by atoms with van der Waals surface area (Å²) in [7, 11) is 3.87. The third-order valence-electron chi connectivity index (χ3n) is 5.26. The molecule has 0 N–H and O–H groups in total. The number of anilines is 1. The lowest BCUT2D eigenvalue weighted by molar-refractivity contribution is 0.0475. The van der Waals surface area contributed by atoms with Gasteiger partial charge in [-0.3, -0.25) is 4.79 Å². The monoisotopic (exact) mass is 365 g/mol. The molecule has 4 heteroatoms. The summed E-state index contributed by atoms with van der Waals surface area (Å²) in [5, 5.41) is 0. The van der Waals surface area contributed by atoms with E-state index in [9.17, 15) is 9.59 Å². The van der Waals surface area contributed by atoms with E-state index in [2.05, 4.69) is 0 Å². The van der Waals surface area contributed by atoms with Crippen molar-refractivity contribution in [3.8, 4) is 0 Å². The van der Waals surface area contributed by atoms with Gasteiger partial charge in [0.2, 0.25) is 0 Å². The van der Waals surface area contributed by atoms with Gasteiger partial charge in [-0.05, 0) is 48.6 Å². The number of hydrogen-bond donors (Lipinski definition) is 0. The van der Waals surface area contributed by atoms with Gasteiger partial charge in [0.1, 0.15) is 0 Å². The van der Waals surface area contributed by atoms with Crippen molar-refractivity contribution >= 4 is 17.4 Å². The summed E-state index contributed by atoms with van der Waals surface area (Å²) in [6.07, 6.45) is 6.37. The van der Waals surface area contributed by atoms with Crippen molar-refractivity contribution in [2.75, 3.05) is 25.6 Å². The summed E-state index contributed by atoms with van der Waals surface area (Å²) in [5.41, 5.74) is 3.34. The molecule has 3 rings (SSSR count). The van der Waals surface area contributed by atoms with Gasteiger partial charge in [-0.25, -0.2) is 4.79 Å². The Morgan fingerprint density at radius 1 is 0.889 bits per heavy atom. The second-order valence-electron chi connectivity index (χ2n) is 7.40. The Hall–Kier alpha value is -2.62. The second kappa shape index (κ2) is 8.85. The van der Waals surface area contributed by atoms with E-state index in [4.69, 9.17) is 4.74 Å². The van der Waals surface area contributed by atoms with Crippen molar-refractivity contribution in [3.63, 3.8) is 0 Å². The number of ether oxygens (including phenoxy) is 1. The zero-order valence-corrected chi connectivity index (χ0v) is 16.1. The fourth-order valence-corrected chi connectivity index (χ4v) is 3.57. The Labute approximate surface area is 161 Å². The minimum Gasteiger partial charge on any atom is -0.454 e. The number of carbonyl (C=O) groups excluding carboxylic acids is 2. The molecule has 0 unspecified atom stereocenters. The van der Waals surface area contributed by atoms with Gasteiger partial charge in [-0.15, -0.1) is 0 Å². The molecule has 1 fully saturated rings. The molecule has 0 saturated heterocycles. The lowest BCUT2D eigenvalue weighted by Crippen LogP contribution is -2.15. The number of hydrogen-bond acceptors (Lipinski definition) is 4. The number of carbonyl (C=O) groups is 2.